The lowest BCUT2D eigenvalue weighted by Gasteiger charge is -2.18. The van der Waals surface area contributed by atoms with Crippen LogP contribution in [0.25, 0.3) is 0 Å². The highest BCUT2D eigenvalue weighted by Gasteiger charge is 2.14. The number of hydrogen-bond donors (Lipinski definition) is 2. The summed E-state index contributed by atoms with van der Waals surface area (Å²) in [7, 11) is 1.65. The SMILES string of the molecule is COCCNCC(=O)Nc1ccccc1CN1CCCC1. The number of rotatable bonds is 8. The predicted molar refractivity (Wildman–Crippen MR) is 84.3 cm³/mol. The van der Waals surface area contributed by atoms with E-state index in [1.54, 1.807) is 7.11 Å². The van der Waals surface area contributed by atoms with Gasteiger partial charge in [0.1, 0.15) is 0 Å². The zero-order valence-electron chi connectivity index (χ0n) is 12.7. The van der Waals surface area contributed by atoms with Crippen LogP contribution in [0.3, 0.4) is 0 Å². The number of benzene rings is 1. The Labute approximate surface area is 126 Å². The van der Waals surface area contributed by atoms with Crippen LogP contribution >= 0.6 is 0 Å². The number of amides is 1. The number of nitrogens with one attached hydrogen (secondary N) is 2. The summed E-state index contributed by atoms with van der Waals surface area (Å²) in [5.74, 6) is -0.0139. The van der Waals surface area contributed by atoms with Crippen molar-refractivity contribution in [3.63, 3.8) is 0 Å². The van der Waals surface area contributed by atoms with Gasteiger partial charge in [0.15, 0.2) is 0 Å². The first kappa shape index (κ1) is 15.9. The molecule has 0 atom stereocenters. The molecule has 116 valence electrons. The predicted octanol–water partition coefficient (Wildman–Crippen LogP) is 1.46. The van der Waals surface area contributed by atoms with E-state index in [2.05, 4.69) is 21.6 Å². The molecule has 5 nitrogen and oxygen atoms in total. The number of ether oxygens (including phenoxy) is 1. The highest BCUT2D eigenvalue weighted by molar-refractivity contribution is 5.92. The molecule has 0 aliphatic carbocycles. The van der Waals surface area contributed by atoms with Crippen molar-refractivity contribution in [1.29, 1.82) is 0 Å². The van der Waals surface area contributed by atoms with Crippen LogP contribution in [-0.4, -0.2) is 50.7 Å². The van der Waals surface area contributed by atoms with E-state index >= 15 is 0 Å². The molecule has 1 saturated heterocycles. The molecule has 0 unspecified atom stereocenters. The second-order valence-corrected chi connectivity index (χ2v) is 5.36. The first-order valence-corrected chi connectivity index (χ1v) is 7.59. The van der Waals surface area contributed by atoms with Crippen molar-refractivity contribution in [2.24, 2.45) is 0 Å². The highest BCUT2D eigenvalue weighted by atomic mass is 16.5. The maximum absolute atomic E-state index is 11.9. The molecule has 1 aliphatic heterocycles. The van der Waals surface area contributed by atoms with Crippen LogP contribution in [0, 0.1) is 0 Å². The molecule has 2 N–H and O–H groups in total. The van der Waals surface area contributed by atoms with Crippen LogP contribution in [0.2, 0.25) is 0 Å². The zero-order valence-corrected chi connectivity index (χ0v) is 12.7. The summed E-state index contributed by atoms with van der Waals surface area (Å²) < 4.78 is 4.94. The number of carbonyl (C=O) groups is 1. The third kappa shape index (κ3) is 5.46. The van der Waals surface area contributed by atoms with E-state index in [1.807, 2.05) is 18.2 Å². The van der Waals surface area contributed by atoms with Crippen LogP contribution in [-0.2, 0) is 16.1 Å². The minimum atomic E-state index is -0.0139. The van der Waals surface area contributed by atoms with E-state index in [-0.39, 0.29) is 5.91 Å². The van der Waals surface area contributed by atoms with Gasteiger partial charge in [-0.3, -0.25) is 9.69 Å². The Bertz CT molecular complexity index is 445. The molecule has 0 saturated carbocycles. The van der Waals surface area contributed by atoms with Crippen molar-refractivity contribution in [1.82, 2.24) is 10.2 Å². The van der Waals surface area contributed by atoms with Crippen LogP contribution in [0.1, 0.15) is 18.4 Å². The van der Waals surface area contributed by atoms with Crippen molar-refractivity contribution in [3.8, 4) is 0 Å². The number of nitrogens with zero attached hydrogens (tertiary/aromatic N) is 1. The number of anilines is 1. The Balaban J connectivity index is 1.85. The second-order valence-electron chi connectivity index (χ2n) is 5.36. The average molecular weight is 291 g/mol. The molecule has 1 heterocycles. The lowest BCUT2D eigenvalue weighted by Crippen LogP contribution is -2.30. The average Bonchev–Trinajstić information content (AvgIpc) is 2.99. The first-order chi connectivity index (χ1) is 10.3. The molecule has 5 heteroatoms. The van der Waals surface area contributed by atoms with Crippen LogP contribution in [0.15, 0.2) is 24.3 Å². The van der Waals surface area contributed by atoms with Gasteiger partial charge in [-0.1, -0.05) is 18.2 Å². The van der Waals surface area contributed by atoms with Gasteiger partial charge in [0, 0.05) is 25.9 Å². The first-order valence-electron chi connectivity index (χ1n) is 7.59. The fourth-order valence-corrected chi connectivity index (χ4v) is 2.53. The minimum Gasteiger partial charge on any atom is -0.383 e. The fourth-order valence-electron chi connectivity index (χ4n) is 2.53. The Morgan fingerprint density at radius 1 is 1.29 bits per heavy atom. The van der Waals surface area contributed by atoms with Crippen LogP contribution in [0.5, 0.6) is 0 Å². The molecule has 1 aromatic rings. The van der Waals surface area contributed by atoms with Crippen LogP contribution in [0.4, 0.5) is 5.69 Å². The van der Waals surface area contributed by atoms with Gasteiger partial charge in [-0.15, -0.1) is 0 Å². The van der Waals surface area contributed by atoms with Crippen LogP contribution < -0.4 is 10.6 Å². The number of para-hydroxylation sites is 1. The van der Waals surface area contributed by atoms with Gasteiger partial charge in [0.05, 0.1) is 13.2 Å². The molecule has 1 fully saturated rings. The van der Waals surface area contributed by atoms with Gasteiger partial charge >= 0.3 is 0 Å². The molecule has 1 aromatic carbocycles. The van der Waals surface area contributed by atoms with Crippen molar-refractivity contribution < 1.29 is 9.53 Å². The van der Waals surface area contributed by atoms with E-state index < -0.39 is 0 Å². The fraction of sp³-hybridized carbons (Fsp3) is 0.562. The summed E-state index contributed by atoms with van der Waals surface area (Å²) in [4.78, 5) is 14.4. The van der Waals surface area contributed by atoms with Gasteiger partial charge in [-0.05, 0) is 37.6 Å². The molecule has 21 heavy (non-hydrogen) atoms. The normalized spacial score (nSPS) is 15.3. The van der Waals surface area contributed by atoms with Gasteiger partial charge < -0.3 is 15.4 Å². The lowest BCUT2D eigenvalue weighted by molar-refractivity contribution is -0.115. The molecular formula is C16H25N3O2. The molecule has 0 radical (unpaired) electrons. The van der Waals surface area contributed by atoms with Crippen molar-refractivity contribution >= 4 is 11.6 Å². The maximum Gasteiger partial charge on any atom is 0.238 e. The summed E-state index contributed by atoms with van der Waals surface area (Å²) in [5, 5.41) is 6.04. The van der Waals surface area contributed by atoms with Crippen molar-refractivity contribution in [2.75, 3.05) is 45.2 Å². The lowest BCUT2D eigenvalue weighted by atomic mass is 10.1. The van der Waals surface area contributed by atoms with Gasteiger partial charge in [-0.25, -0.2) is 0 Å². The number of hydrogen-bond acceptors (Lipinski definition) is 4. The third-order valence-corrected chi connectivity index (χ3v) is 3.65. The van der Waals surface area contributed by atoms with E-state index in [9.17, 15) is 4.79 Å². The topological polar surface area (TPSA) is 53.6 Å². The van der Waals surface area contributed by atoms with Crippen molar-refractivity contribution in [3.05, 3.63) is 29.8 Å². The van der Waals surface area contributed by atoms with E-state index in [0.29, 0.717) is 19.7 Å². The molecule has 0 spiro atoms. The summed E-state index contributed by atoms with van der Waals surface area (Å²) >= 11 is 0. The van der Waals surface area contributed by atoms with Gasteiger partial charge in [-0.2, -0.15) is 0 Å². The third-order valence-electron chi connectivity index (χ3n) is 3.65. The summed E-state index contributed by atoms with van der Waals surface area (Å²) in [6.45, 7) is 4.81. The monoisotopic (exact) mass is 291 g/mol. The van der Waals surface area contributed by atoms with Crippen molar-refractivity contribution in [2.45, 2.75) is 19.4 Å². The standard InChI is InChI=1S/C16H25N3O2/c1-21-11-8-17-12-16(20)18-15-7-3-2-6-14(15)13-19-9-4-5-10-19/h2-3,6-7,17H,4-5,8-13H2,1H3,(H,18,20). The number of carbonyl (C=O) groups excluding carboxylic acids is 1. The highest BCUT2D eigenvalue weighted by Crippen LogP contribution is 2.19. The Morgan fingerprint density at radius 2 is 2.05 bits per heavy atom. The van der Waals surface area contributed by atoms with Gasteiger partial charge in [0.25, 0.3) is 0 Å². The smallest absolute Gasteiger partial charge is 0.238 e. The molecule has 1 aliphatic rings. The van der Waals surface area contributed by atoms with E-state index in [4.69, 9.17) is 4.74 Å². The number of likely N-dealkylation sites (tertiary alicyclic amines) is 1. The molecule has 1 amide bonds. The minimum absolute atomic E-state index is 0.0139. The maximum atomic E-state index is 11.9. The second kappa shape index (κ2) is 8.77. The Hall–Kier alpha value is -1.43. The molecule has 2 rings (SSSR count). The molecule has 0 bridgehead atoms. The number of methoxy groups -OCH3 is 1. The Kier molecular flexibility index (Phi) is 6.66. The molecular weight excluding hydrogens is 266 g/mol. The summed E-state index contributed by atoms with van der Waals surface area (Å²) in [5.41, 5.74) is 2.10. The zero-order chi connectivity index (χ0) is 14.9. The summed E-state index contributed by atoms with van der Waals surface area (Å²) in [6.07, 6.45) is 2.55. The largest absolute Gasteiger partial charge is 0.383 e. The summed E-state index contributed by atoms with van der Waals surface area (Å²) in [6, 6.07) is 8.05. The van der Waals surface area contributed by atoms with E-state index in [0.717, 1.165) is 25.3 Å². The van der Waals surface area contributed by atoms with E-state index in [1.165, 1.54) is 18.4 Å². The quantitative estimate of drug-likeness (QED) is 0.712. The van der Waals surface area contributed by atoms with Gasteiger partial charge in [0.2, 0.25) is 5.91 Å². The molecule has 0 aromatic heterocycles. The Morgan fingerprint density at radius 3 is 2.81 bits per heavy atom.